The van der Waals surface area contributed by atoms with E-state index in [-0.39, 0.29) is 17.9 Å². The number of aromatic nitrogens is 2. The van der Waals surface area contributed by atoms with Gasteiger partial charge in [-0.2, -0.15) is 5.10 Å². The van der Waals surface area contributed by atoms with E-state index in [1.807, 2.05) is 0 Å². The number of hydrogen-bond acceptors (Lipinski definition) is 3. The predicted molar refractivity (Wildman–Crippen MR) is 85.0 cm³/mol. The number of nitrogens with zero attached hydrogens (tertiary/aromatic N) is 2. The number of rotatable bonds is 5. The minimum atomic E-state index is -0.337. The molecule has 2 aromatic rings. The van der Waals surface area contributed by atoms with Crippen molar-refractivity contribution in [2.75, 3.05) is 11.9 Å². The van der Waals surface area contributed by atoms with Gasteiger partial charge in [0.25, 0.3) is 5.56 Å². The molecule has 0 unspecified atom stereocenters. The van der Waals surface area contributed by atoms with Crippen molar-refractivity contribution in [2.45, 2.75) is 20.4 Å². The number of anilines is 1. The summed E-state index contributed by atoms with van der Waals surface area (Å²) in [4.78, 5) is 12.0. The number of halogens is 2. The summed E-state index contributed by atoms with van der Waals surface area (Å²) in [5, 5.41) is 7.27. The van der Waals surface area contributed by atoms with Crippen LogP contribution in [0, 0.1) is 11.7 Å². The molecule has 0 aliphatic heterocycles. The lowest BCUT2D eigenvalue weighted by Crippen LogP contribution is -2.23. The Balaban J connectivity index is 2.18. The molecule has 0 aliphatic carbocycles. The average Bonchev–Trinajstić information content (AvgIpc) is 2.43. The molecule has 0 bridgehead atoms. The molecule has 0 saturated heterocycles. The molecule has 21 heavy (non-hydrogen) atoms. The molecule has 6 heteroatoms. The number of benzene rings is 1. The smallest absolute Gasteiger partial charge is 0.269 e. The van der Waals surface area contributed by atoms with Crippen molar-refractivity contribution in [3.8, 4) is 0 Å². The summed E-state index contributed by atoms with van der Waals surface area (Å²) in [5.41, 5.74) is 1.15. The molecule has 1 N–H and O–H groups in total. The van der Waals surface area contributed by atoms with Gasteiger partial charge in [-0.25, -0.2) is 9.07 Å². The third-order valence-corrected chi connectivity index (χ3v) is 3.69. The Labute approximate surface area is 131 Å². The van der Waals surface area contributed by atoms with E-state index in [4.69, 9.17) is 0 Å². The van der Waals surface area contributed by atoms with Gasteiger partial charge >= 0.3 is 0 Å². The van der Waals surface area contributed by atoms with Gasteiger partial charge in [-0.15, -0.1) is 0 Å². The van der Waals surface area contributed by atoms with Gasteiger partial charge in [0.2, 0.25) is 0 Å². The largest absolute Gasteiger partial charge is 0.383 e. The molecule has 1 aromatic heterocycles. The van der Waals surface area contributed by atoms with E-state index in [9.17, 15) is 9.18 Å². The van der Waals surface area contributed by atoms with E-state index < -0.39 is 0 Å². The summed E-state index contributed by atoms with van der Waals surface area (Å²) >= 11 is 3.35. The fraction of sp³-hybridized carbons (Fsp3) is 0.333. The van der Waals surface area contributed by atoms with Crippen molar-refractivity contribution in [3.05, 3.63) is 56.7 Å². The van der Waals surface area contributed by atoms with Crippen LogP contribution in [-0.4, -0.2) is 16.3 Å². The van der Waals surface area contributed by atoms with Crippen molar-refractivity contribution in [3.63, 3.8) is 0 Å². The summed E-state index contributed by atoms with van der Waals surface area (Å²) in [6.07, 6.45) is 1.61. The lowest BCUT2D eigenvalue weighted by Gasteiger charge is -2.10. The van der Waals surface area contributed by atoms with Gasteiger partial charge in [0, 0.05) is 17.1 Å². The van der Waals surface area contributed by atoms with E-state index in [1.165, 1.54) is 22.9 Å². The van der Waals surface area contributed by atoms with E-state index >= 15 is 0 Å². The van der Waals surface area contributed by atoms with Crippen molar-refractivity contribution in [1.29, 1.82) is 0 Å². The quantitative estimate of drug-likeness (QED) is 0.897. The van der Waals surface area contributed by atoms with Crippen LogP contribution in [0.5, 0.6) is 0 Å². The summed E-state index contributed by atoms with van der Waals surface area (Å²) in [7, 11) is 0. The fourth-order valence-corrected chi connectivity index (χ4v) is 2.17. The standard InChI is InChI=1S/C15H17BrFN3O/c1-10(2)7-18-13-6-15(21)20(19-8-13)9-11-5-12(17)3-4-14(11)16/h3-6,8,10,18H,7,9H2,1-2H3. The van der Waals surface area contributed by atoms with Crippen LogP contribution >= 0.6 is 15.9 Å². The first kappa shape index (κ1) is 15.7. The van der Waals surface area contributed by atoms with Crippen LogP contribution in [0.15, 0.2) is 39.7 Å². The Kier molecular flexibility index (Phi) is 5.12. The maximum atomic E-state index is 13.3. The summed E-state index contributed by atoms with van der Waals surface area (Å²) < 4.78 is 15.3. The lowest BCUT2D eigenvalue weighted by atomic mass is 10.2. The normalized spacial score (nSPS) is 10.9. The summed E-state index contributed by atoms with van der Waals surface area (Å²) in [5.74, 6) is 0.146. The highest BCUT2D eigenvalue weighted by Crippen LogP contribution is 2.18. The molecule has 0 saturated carbocycles. The van der Waals surface area contributed by atoms with Crippen LogP contribution in [0.4, 0.5) is 10.1 Å². The second-order valence-electron chi connectivity index (χ2n) is 5.25. The highest BCUT2D eigenvalue weighted by atomic mass is 79.9. The van der Waals surface area contributed by atoms with Gasteiger partial charge in [0.1, 0.15) is 5.82 Å². The van der Waals surface area contributed by atoms with Crippen molar-refractivity contribution in [2.24, 2.45) is 5.92 Å². The highest BCUT2D eigenvalue weighted by Gasteiger charge is 2.06. The zero-order valence-electron chi connectivity index (χ0n) is 11.9. The Morgan fingerprint density at radius 2 is 2.14 bits per heavy atom. The number of nitrogens with one attached hydrogen (secondary N) is 1. The zero-order valence-corrected chi connectivity index (χ0v) is 13.5. The molecule has 0 amide bonds. The first-order valence-corrected chi connectivity index (χ1v) is 7.50. The van der Waals surface area contributed by atoms with E-state index in [2.05, 4.69) is 40.2 Å². The first-order valence-electron chi connectivity index (χ1n) is 6.70. The van der Waals surface area contributed by atoms with Gasteiger partial charge in [-0.3, -0.25) is 4.79 Å². The van der Waals surface area contributed by atoms with E-state index in [0.29, 0.717) is 17.2 Å². The van der Waals surface area contributed by atoms with Crippen LogP contribution in [-0.2, 0) is 6.54 Å². The van der Waals surface area contributed by atoms with Gasteiger partial charge in [-0.05, 0) is 29.7 Å². The molecular formula is C15H17BrFN3O. The van der Waals surface area contributed by atoms with Gasteiger partial charge in [-0.1, -0.05) is 29.8 Å². The fourth-order valence-electron chi connectivity index (χ4n) is 1.80. The molecule has 0 atom stereocenters. The minimum Gasteiger partial charge on any atom is -0.383 e. The van der Waals surface area contributed by atoms with Crippen LogP contribution in [0.3, 0.4) is 0 Å². The molecule has 0 fully saturated rings. The topological polar surface area (TPSA) is 46.9 Å². The van der Waals surface area contributed by atoms with Crippen LogP contribution < -0.4 is 10.9 Å². The Morgan fingerprint density at radius 1 is 1.38 bits per heavy atom. The third-order valence-electron chi connectivity index (χ3n) is 2.91. The Hall–Kier alpha value is -1.69. The van der Waals surface area contributed by atoms with Crippen molar-refractivity contribution in [1.82, 2.24) is 9.78 Å². The lowest BCUT2D eigenvalue weighted by molar-refractivity contribution is 0.609. The van der Waals surface area contributed by atoms with Gasteiger partial charge < -0.3 is 5.32 Å². The maximum absolute atomic E-state index is 13.3. The van der Waals surface area contributed by atoms with E-state index in [1.54, 1.807) is 12.3 Å². The van der Waals surface area contributed by atoms with Crippen LogP contribution in [0.25, 0.3) is 0 Å². The predicted octanol–water partition coefficient (Wildman–Crippen LogP) is 3.26. The second-order valence-corrected chi connectivity index (χ2v) is 6.10. The average molecular weight is 354 g/mol. The maximum Gasteiger partial charge on any atom is 0.269 e. The Morgan fingerprint density at radius 3 is 2.81 bits per heavy atom. The summed E-state index contributed by atoms with van der Waals surface area (Å²) in [6, 6.07) is 5.88. The van der Waals surface area contributed by atoms with Crippen molar-refractivity contribution < 1.29 is 4.39 Å². The van der Waals surface area contributed by atoms with Crippen LogP contribution in [0.2, 0.25) is 0 Å². The van der Waals surface area contributed by atoms with Crippen LogP contribution in [0.1, 0.15) is 19.4 Å². The van der Waals surface area contributed by atoms with Gasteiger partial charge in [0.15, 0.2) is 0 Å². The number of hydrogen-bond donors (Lipinski definition) is 1. The van der Waals surface area contributed by atoms with Gasteiger partial charge in [0.05, 0.1) is 18.4 Å². The third kappa shape index (κ3) is 4.39. The zero-order chi connectivity index (χ0) is 15.4. The second kappa shape index (κ2) is 6.85. The minimum absolute atomic E-state index is 0.222. The Bertz CT molecular complexity index is 685. The molecule has 0 radical (unpaired) electrons. The first-order chi connectivity index (χ1) is 9.95. The summed E-state index contributed by atoms with van der Waals surface area (Å²) in [6.45, 7) is 5.18. The highest BCUT2D eigenvalue weighted by molar-refractivity contribution is 9.10. The molecule has 1 aromatic carbocycles. The van der Waals surface area contributed by atoms with Crippen molar-refractivity contribution >= 4 is 21.6 Å². The molecule has 0 spiro atoms. The monoisotopic (exact) mass is 353 g/mol. The molecule has 0 aliphatic rings. The molecule has 4 nitrogen and oxygen atoms in total. The molecular weight excluding hydrogens is 337 g/mol. The van der Waals surface area contributed by atoms with E-state index in [0.717, 1.165) is 11.0 Å². The molecule has 1 heterocycles. The SMILES string of the molecule is CC(C)CNc1cnn(Cc2cc(F)ccc2Br)c(=O)c1. The molecule has 2 rings (SSSR count). The molecule has 112 valence electrons.